The van der Waals surface area contributed by atoms with Gasteiger partial charge in [0.15, 0.2) is 0 Å². The van der Waals surface area contributed by atoms with Crippen LogP contribution >= 0.6 is 0 Å². The summed E-state index contributed by atoms with van der Waals surface area (Å²) in [5.74, 6) is 0.891. The molecule has 0 N–H and O–H groups in total. The van der Waals surface area contributed by atoms with E-state index in [0.717, 1.165) is 36.0 Å². The lowest BCUT2D eigenvalue weighted by Crippen LogP contribution is -2.06. The van der Waals surface area contributed by atoms with Gasteiger partial charge in [-0.25, -0.2) is 0 Å². The molecule has 0 aliphatic rings. The fraction of sp³-hybridized carbons (Fsp3) is 0.381. The van der Waals surface area contributed by atoms with E-state index >= 15 is 0 Å². The molecule has 0 saturated carbocycles. The third-order valence-corrected chi connectivity index (χ3v) is 4.37. The maximum absolute atomic E-state index is 11.4. The van der Waals surface area contributed by atoms with Crippen LogP contribution in [0.2, 0.25) is 0 Å². The molecule has 0 radical (unpaired) electrons. The van der Waals surface area contributed by atoms with Gasteiger partial charge in [-0.1, -0.05) is 24.3 Å². The van der Waals surface area contributed by atoms with Gasteiger partial charge in [-0.2, -0.15) is 8.42 Å². The second kappa shape index (κ2) is 10.7. The van der Waals surface area contributed by atoms with Crippen LogP contribution < -0.4 is 8.92 Å². The van der Waals surface area contributed by atoms with E-state index in [2.05, 4.69) is 0 Å². The van der Waals surface area contributed by atoms with Crippen LogP contribution in [0.25, 0.3) is 0 Å². The molecule has 2 aromatic carbocycles. The van der Waals surface area contributed by atoms with Crippen molar-refractivity contribution >= 4 is 16.1 Å². The van der Waals surface area contributed by atoms with E-state index in [4.69, 9.17) is 13.7 Å². The minimum Gasteiger partial charge on any atom is -0.494 e. The van der Waals surface area contributed by atoms with Crippen LogP contribution in [0.5, 0.6) is 11.5 Å². The molecule has 0 unspecified atom stereocenters. The highest BCUT2D eigenvalue weighted by molar-refractivity contribution is 7.86. The number of carbonyl (C=O) groups excluding carboxylic acids is 1. The summed E-state index contributed by atoms with van der Waals surface area (Å²) in [5.41, 5.74) is 2.11. The minimum absolute atomic E-state index is 0.193. The molecule has 152 valence electrons. The van der Waals surface area contributed by atoms with Gasteiger partial charge in [0, 0.05) is 6.42 Å². The van der Waals surface area contributed by atoms with Gasteiger partial charge in [-0.05, 0) is 61.6 Å². The molecule has 0 amide bonds. The van der Waals surface area contributed by atoms with Crippen LogP contribution in [0.4, 0.5) is 0 Å². The number of esters is 1. The SMILES string of the molecule is CCOC(=O)CCc1cccc(OCCCc2ccc(OS(C)(=O)=O)cc2)c1. The first-order valence-corrected chi connectivity index (χ1v) is 11.0. The van der Waals surface area contributed by atoms with Crippen LogP contribution in [-0.4, -0.2) is 33.9 Å². The number of aryl methyl sites for hydroxylation is 2. The fourth-order valence-corrected chi connectivity index (χ4v) is 3.08. The lowest BCUT2D eigenvalue weighted by molar-refractivity contribution is -0.143. The highest BCUT2D eigenvalue weighted by Crippen LogP contribution is 2.17. The van der Waals surface area contributed by atoms with E-state index in [1.54, 1.807) is 19.1 Å². The van der Waals surface area contributed by atoms with Gasteiger partial charge < -0.3 is 13.7 Å². The Hall–Kier alpha value is -2.54. The Bertz CT molecular complexity index is 859. The van der Waals surface area contributed by atoms with Crippen molar-refractivity contribution in [1.29, 1.82) is 0 Å². The van der Waals surface area contributed by atoms with Crippen molar-refractivity contribution in [2.45, 2.75) is 32.6 Å². The zero-order valence-electron chi connectivity index (χ0n) is 16.2. The molecule has 0 heterocycles. The minimum atomic E-state index is -3.50. The smallest absolute Gasteiger partial charge is 0.306 e. The van der Waals surface area contributed by atoms with Crippen molar-refractivity contribution in [3.8, 4) is 11.5 Å². The van der Waals surface area contributed by atoms with Gasteiger partial charge in [0.2, 0.25) is 0 Å². The predicted molar refractivity (Wildman–Crippen MR) is 107 cm³/mol. The fourth-order valence-electron chi connectivity index (χ4n) is 2.62. The van der Waals surface area contributed by atoms with Crippen LogP contribution in [0.15, 0.2) is 48.5 Å². The largest absolute Gasteiger partial charge is 0.494 e. The summed E-state index contributed by atoms with van der Waals surface area (Å²) in [4.78, 5) is 11.4. The van der Waals surface area contributed by atoms with Crippen LogP contribution in [0.1, 0.15) is 30.9 Å². The van der Waals surface area contributed by atoms with Crippen LogP contribution in [-0.2, 0) is 32.5 Å². The van der Waals surface area contributed by atoms with Gasteiger partial charge in [0.05, 0.1) is 19.5 Å². The number of ether oxygens (including phenoxy) is 2. The molecule has 0 aliphatic carbocycles. The predicted octanol–water partition coefficient (Wildman–Crippen LogP) is 3.53. The summed E-state index contributed by atoms with van der Waals surface area (Å²) in [5, 5.41) is 0. The summed E-state index contributed by atoms with van der Waals surface area (Å²) >= 11 is 0. The molecule has 0 spiro atoms. The number of benzene rings is 2. The summed E-state index contributed by atoms with van der Waals surface area (Å²) < 4.78 is 37.7. The van der Waals surface area contributed by atoms with Crippen molar-refractivity contribution in [3.05, 3.63) is 59.7 Å². The molecule has 0 bridgehead atoms. The lowest BCUT2D eigenvalue weighted by Gasteiger charge is -2.09. The Morgan fingerprint density at radius 2 is 1.71 bits per heavy atom. The topological polar surface area (TPSA) is 78.9 Å². The van der Waals surface area contributed by atoms with E-state index in [-0.39, 0.29) is 5.97 Å². The monoisotopic (exact) mass is 406 g/mol. The Kier molecular flexibility index (Phi) is 8.32. The molecule has 28 heavy (non-hydrogen) atoms. The number of rotatable bonds is 11. The van der Waals surface area contributed by atoms with Gasteiger partial charge in [-0.15, -0.1) is 0 Å². The highest BCUT2D eigenvalue weighted by atomic mass is 32.2. The van der Waals surface area contributed by atoms with Crippen LogP contribution in [0, 0.1) is 0 Å². The molecule has 2 aromatic rings. The molecule has 0 atom stereocenters. The summed E-state index contributed by atoms with van der Waals surface area (Å²) in [6.07, 6.45) is 3.62. The normalized spacial score (nSPS) is 11.1. The molecule has 2 rings (SSSR count). The number of hydrogen-bond donors (Lipinski definition) is 0. The van der Waals surface area contributed by atoms with Crippen molar-refractivity contribution in [1.82, 2.24) is 0 Å². The van der Waals surface area contributed by atoms with E-state index in [1.165, 1.54) is 0 Å². The number of carbonyl (C=O) groups is 1. The summed E-state index contributed by atoms with van der Waals surface area (Å²) in [6.45, 7) is 2.75. The summed E-state index contributed by atoms with van der Waals surface area (Å²) in [6, 6.07) is 14.7. The van der Waals surface area contributed by atoms with E-state index in [9.17, 15) is 13.2 Å². The average Bonchev–Trinajstić information content (AvgIpc) is 2.64. The first-order chi connectivity index (χ1) is 13.4. The number of hydrogen-bond acceptors (Lipinski definition) is 6. The Labute approximate surface area is 166 Å². The second-order valence-corrected chi connectivity index (χ2v) is 7.91. The Morgan fingerprint density at radius 3 is 2.39 bits per heavy atom. The van der Waals surface area contributed by atoms with Gasteiger partial charge in [-0.3, -0.25) is 4.79 Å². The molecular formula is C21H26O6S. The van der Waals surface area contributed by atoms with Gasteiger partial charge >= 0.3 is 16.1 Å². The van der Waals surface area contributed by atoms with Crippen molar-refractivity contribution < 1.29 is 26.9 Å². The molecule has 0 aromatic heterocycles. The lowest BCUT2D eigenvalue weighted by atomic mass is 10.1. The van der Waals surface area contributed by atoms with E-state index < -0.39 is 10.1 Å². The van der Waals surface area contributed by atoms with Crippen molar-refractivity contribution in [2.75, 3.05) is 19.5 Å². The highest BCUT2D eigenvalue weighted by Gasteiger charge is 2.05. The van der Waals surface area contributed by atoms with Gasteiger partial charge in [0.1, 0.15) is 11.5 Å². The third kappa shape index (κ3) is 8.43. The molecule has 7 heteroatoms. The molecular weight excluding hydrogens is 380 g/mol. The van der Waals surface area contributed by atoms with Crippen molar-refractivity contribution in [2.24, 2.45) is 0 Å². The van der Waals surface area contributed by atoms with Crippen LogP contribution in [0.3, 0.4) is 0 Å². The second-order valence-electron chi connectivity index (χ2n) is 6.34. The molecule has 0 fully saturated rings. The Morgan fingerprint density at radius 1 is 0.964 bits per heavy atom. The zero-order chi connectivity index (χ0) is 20.4. The first kappa shape index (κ1) is 21.8. The molecule has 6 nitrogen and oxygen atoms in total. The summed E-state index contributed by atoms with van der Waals surface area (Å²) in [7, 11) is -3.50. The Balaban J connectivity index is 1.74. The standard InChI is InChI=1S/C21H26O6S/c1-3-25-21(22)14-11-18-6-4-8-20(16-18)26-15-5-7-17-9-12-19(13-10-17)27-28(2,23)24/h4,6,8-10,12-13,16H,3,5,7,11,14-15H2,1-2H3. The zero-order valence-corrected chi connectivity index (χ0v) is 17.0. The van der Waals surface area contributed by atoms with E-state index in [0.29, 0.717) is 31.8 Å². The third-order valence-electron chi connectivity index (χ3n) is 3.87. The molecule has 0 saturated heterocycles. The average molecular weight is 407 g/mol. The van der Waals surface area contributed by atoms with E-state index in [1.807, 2.05) is 36.4 Å². The van der Waals surface area contributed by atoms with Crippen molar-refractivity contribution in [3.63, 3.8) is 0 Å². The maximum Gasteiger partial charge on any atom is 0.306 e. The maximum atomic E-state index is 11.4. The molecule has 0 aliphatic heterocycles. The first-order valence-electron chi connectivity index (χ1n) is 9.21. The quantitative estimate of drug-likeness (QED) is 0.323. The van der Waals surface area contributed by atoms with Gasteiger partial charge in [0.25, 0.3) is 0 Å².